The summed E-state index contributed by atoms with van der Waals surface area (Å²) in [5.41, 5.74) is 4.42. The Hall–Kier alpha value is -2.67. The highest BCUT2D eigenvalue weighted by atomic mass is 79.9. The summed E-state index contributed by atoms with van der Waals surface area (Å²) in [4.78, 5) is 13.5. The molecule has 0 aliphatic heterocycles. The largest absolute Gasteiger partial charge is 0.355 e. The van der Waals surface area contributed by atoms with Crippen molar-refractivity contribution in [1.29, 1.82) is 0 Å². The van der Waals surface area contributed by atoms with Crippen LogP contribution in [-0.2, 0) is 7.05 Å². The molecule has 6 nitrogen and oxygen atoms in total. The van der Waals surface area contributed by atoms with Crippen LogP contribution in [0.5, 0.6) is 0 Å². The average Bonchev–Trinajstić information content (AvgIpc) is 3.23. The maximum absolute atomic E-state index is 13.5. The van der Waals surface area contributed by atoms with E-state index in [1.165, 1.54) is 24.8 Å². The third kappa shape index (κ3) is 5.35. The van der Waals surface area contributed by atoms with Crippen LogP contribution in [0.25, 0.3) is 5.69 Å². The van der Waals surface area contributed by atoms with E-state index in [-0.39, 0.29) is 11.5 Å². The van der Waals surface area contributed by atoms with E-state index in [2.05, 4.69) is 56.6 Å². The van der Waals surface area contributed by atoms with Gasteiger partial charge in [0.15, 0.2) is 0 Å². The van der Waals surface area contributed by atoms with Gasteiger partial charge < -0.3 is 9.88 Å². The Morgan fingerprint density at radius 2 is 2.06 bits per heavy atom. The van der Waals surface area contributed by atoms with E-state index in [9.17, 15) is 4.79 Å². The van der Waals surface area contributed by atoms with Gasteiger partial charge in [0.1, 0.15) is 17.8 Å². The van der Waals surface area contributed by atoms with Gasteiger partial charge in [0.05, 0.1) is 0 Å². The van der Waals surface area contributed by atoms with Gasteiger partial charge in [-0.2, -0.15) is 0 Å². The Balaban J connectivity index is 0.00000158. The molecule has 4 rings (SSSR count). The quantitative estimate of drug-likeness (QED) is 0.371. The number of anilines is 1. The Morgan fingerprint density at radius 3 is 2.65 bits per heavy atom. The highest BCUT2D eigenvalue weighted by molar-refractivity contribution is 9.10. The summed E-state index contributed by atoms with van der Waals surface area (Å²) in [5.74, 6) is 1.70. The number of nitrogens with one attached hydrogen (secondary N) is 1. The molecule has 0 spiro atoms. The van der Waals surface area contributed by atoms with Gasteiger partial charge in [0.25, 0.3) is 5.56 Å². The number of hydrogen-bond acceptors (Lipinski definition) is 4. The van der Waals surface area contributed by atoms with Crippen LogP contribution in [0.1, 0.15) is 76.2 Å². The van der Waals surface area contributed by atoms with Crippen molar-refractivity contribution in [3.8, 4) is 5.69 Å². The summed E-state index contributed by atoms with van der Waals surface area (Å²) in [6, 6.07) is 8.28. The predicted molar refractivity (Wildman–Crippen MR) is 144 cm³/mol. The van der Waals surface area contributed by atoms with Crippen molar-refractivity contribution in [2.24, 2.45) is 13.0 Å². The Morgan fingerprint density at radius 1 is 1.32 bits per heavy atom. The van der Waals surface area contributed by atoms with E-state index >= 15 is 0 Å². The van der Waals surface area contributed by atoms with Crippen LogP contribution >= 0.6 is 15.9 Å². The van der Waals surface area contributed by atoms with Gasteiger partial charge >= 0.3 is 0 Å². The van der Waals surface area contributed by atoms with E-state index in [4.69, 9.17) is 0 Å². The van der Waals surface area contributed by atoms with Gasteiger partial charge in [-0.15, -0.1) is 10.2 Å². The minimum absolute atomic E-state index is 0.0643. The summed E-state index contributed by atoms with van der Waals surface area (Å²) < 4.78 is 4.62. The van der Waals surface area contributed by atoms with Gasteiger partial charge in [-0.05, 0) is 78.2 Å². The molecule has 1 aromatic carbocycles. The minimum Gasteiger partial charge on any atom is -0.355 e. The zero-order valence-electron chi connectivity index (χ0n) is 21.1. The molecule has 1 atom stereocenters. The minimum atomic E-state index is -0.0643. The van der Waals surface area contributed by atoms with Crippen LogP contribution in [0.15, 0.2) is 57.8 Å². The third-order valence-electron chi connectivity index (χ3n) is 6.39. The molecule has 34 heavy (non-hydrogen) atoms. The van der Waals surface area contributed by atoms with Gasteiger partial charge in [-0.3, -0.25) is 9.36 Å². The summed E-state index contributed by atoms with van der Waals surface area (Å²) >= 11 is 3.65. The van der Waals surface area contributed by atoms with E-state index in [1.54, 1.807) is 10.9 Å². The fourth-order valence-electron chi connectivity index (χ4n) is 4.41. The normalized spacial score (nSPS) is 14.7. The molecule has 1 aliphatic carbocycles. The summed E-state index contributed by atoms with van der Waals surface area (Å²) in [6.45, 7) is 10.0. The molecule has 182 valence electrons. The van der Waals surface area contributed by atoms with Crippen molar-refractivity contribution in [2.45, 2.75) is 66.2 Å². The van der Waals surface area contributed by atoms with Gasteiger partial charge in [0.2, 0.25) is 0 Å². The second-order valence-corrected chi connectivity index (χ2v) is 9.49. The molecule has 2 heterocycles. The first-order chi connectivity index (χ1) is 16.4. The monoisotopic (exact) mass is 525 g/mol. The van der Waals surface area contributed by atoms with Crippen molar-refractivity contribution in [3.05, 3.63) is 80.3 Å². The van der Waals surface area contributed by atoms with E-state index in [0.717, 1.165) is 33.7 Å². The predicted octanol–water partition coefficient (Wildman–Crippen LogP) is 6.72. The lowest BCUT2D eigenvalue weighted by Crippen LogP contribution is -2.25. The van der Waals surface area contributed by atoms with Crippen molar-refractivity contribution >= 4 is 21.6 Å². The maximum Gasteiger partial charge on any atom is 0.279 e. The van der Waals surface area contributed by atoms with Crippen molar-refractivity contribution < 1.29 is 0 Å². The smallest absolute Gasteiger partial charge is 0.279 e. The fraction of sp³-hybridized carbons (Fsp3) is 0.444. The molecular formula is C27H36BrN5O. The Kier molecular flexibility index (Phi) is 8.89. The second kappa shape index (κ2) is 11.6. The molecule has 0 bridgehead atoms. The molecule has 0 radical (unpaired) electrons. The zero-order chi connectivity index (χ0) is 24.8. The molecule has 1 saturated carbocycles. The first-order valence-corrected chi connectivity index (χ1v) is 13.0. The van der Waals surface area contributed by atoms with Crippen LogP contribution in [-0.4, -0.2) is 19.3 Å². The van der Waals surface area contributed by atoms with E-state index < -0.39 is 0 Å². The number of nitrogens with zero attached hydrogens (tertiary/aromatic N) is 4. The zero-order valence-corrected chi connectivity index (χ0v) is 22.7. The molecule has 0 saturated heterocycles. The number of rotatable bonds is 7. The van der Waals surface area contributed by atoms with Crippen molar-refractivity contribution in [3.63, 3.8) is 0 Å². The average molecular weight is 527 g/mol. The fourth-order valence-corrected chi connectivity index (χ4v) is 4.81. The van der Waals surface area contributed by atoms with Crippen LogP contribution in [0.2, 0.25) is 0 Å². The van der Waals surface area contributed by atoms with Gasteiger partial charge in [-0.1, -0.05) is 45.4 Å². The van der Waals surface area contributed by atoms with Crippen LogP contribution in [0.4, 0.5) is 5.69 Å². The molecule has 2 aromatic heterocycles. The highest BCUT2D eigenvalue weighted by Crippen LogP contribution is 2.42. The first-order valence-electron chi connectivity index (χ1n) is 12.2. The number of halogens is 1. The number of benzene rings is 1. The molecule has 0 amide bonds. The summed E-state index contributed by atoms with van der Waals surface area (Å²) in [7, 11) is 2.00. The number of hydrogen-bond donors (Lipinski definition) is 1. The first kappa shape index (κ1) is 25.9. The van der Waals surface area contributed by atoms with Crippen molar-refractivity contribution in [2.75, 3.05) is 5.32 Å². The van der Waals surface area contributed by atoms with Crippen molar-refractivity contribution in [1.82, 2.24) is 19.3 Å². The SMILES string of the molecule is CC.CC/C=C(\C)Nc1c(C)c(Br)cn(-c2cccc(C(c3nncn3C)C3CCC3)c2)c1=O. The lowest BCUT2D eigenvalue weighted by Gasteiger charge is -2.33. The maximum atomic E-state index is 13.5. The van der Waals surface area contributed by atoms with Gasteiger partial charge in [-0.25, -0.2) is 0 Å². The van der Waals surface area contributed by atoms with Crippen LogP contribution in [0.3, 0.4) is 0 Å². The standard InChI is InChI=1S/C25H30BrN5O.C2H6/c1-5-8-16(2)28-23-17(3)21(26)14-31(25(23)32)20-12-7-11-19(13-20)22(18-9-6-10-18)24-29-27-15-30(24)4;1-2/h7-8,11-15,18,22,28H,5-6,9-10H2,1-4H3;1-2H3/b16-8+;. The van der Waals surface area contributed by atoms with E-state index in [0.29, 0.717) is 11.6 Å². The summed E-state index contributed by atoms with van der Waals surface area (Å²) in [5, 5.41) is 11.9. The van der Waals surface area contributed by atoms with Crippen LogP contribution in [0, 0.1) is 12.8 Å². The lowest BCUT2D eigenvalue weighted by molar-refractivity contribution is 0.274. The molecular weight excluding hydrogens is 490 g/mol. The lowest BCUT2D eigenvalue weighted by atomic mass is 9.72. The number of allylic oxidation sites excluding steroid dienone is 2. The second-order valence-electron chi connectivity index (χ2n) is 8.64. The number of aryl methyl sites for hydroxylation is 1. The Bertz CT molecular complexity index is 1210. The molecule has 1 N–H and O–H groups in total. The molecule has 7 heteroatoms. The highest BCUT2D eigenvalue weighted by Gasteiger charge is 2.33. The molecule has 1 aliphatic rings. The van der Waals surface area contributed by atoms with Gasteiger partial charge in [0, 0.05) is 35.0 Å². The number of aromatic nitrogens is 4. The molecule has 1 unspecified atom stereocenters. The summed E-state index contributed by atoms with van der Waals surface area (Å²) in [6.07, 6.45) is 10.2. The Labute approximate surface area is 211 Å². The molecule has 3 aromatic rings. The van der Waals surface area contributed by atoms with Crippen LogP contribution < -0.4 is 10.9 Å². The molecule has 1 fully saturated rings. The topological polar surface area (TPSA) is 64.7 Å². The number of pyridine rings is 1. The third-order valence-corrected chi connectivity index (χ3v) is 7.19. The van der Waals surface area contributed by atoms with E-state index in [1.807, 2.05) is 57.6 Å².